The number of hydrogen-bond acceptors (Lipinski definition) is 4. The summed E-state index contributed by atoms with van der Waals surface area (Å²) in [5, 5.41) is 10.1. The van der Waals surface area contributed by atoms with Gasteiger partial charge >= 0.3 is 0 Å². The molecule has 2 saturated heterocycles. The summed E-state index contributed by atoms with van der Waals surface area (Å²) in [6, 6.07) is 8.96. The molecule has 3 atom stereocenters. The van der Waals surface area contributed by atoms with Crippen LogP contribution in [0, 0.1) is 17.8 Å². The molecule has 3 fully saturated rings. The van der Waals surface area contributed by atoms with E-state index in [9.17, 15) is 9.90 Å². The summed E-state index contributed by atoms with van der Waals surface area (Å²) in [4.78, 5) is 19.3. The van der Waals surface area contributed by atoms with E-state index in [0.717, 1.165) is 57.4 Å². The molecule has 1 aromatic carbocycles. The summed E-state index contributed by atoms with van der Waals surface area (Å²) < 4.78 is 0. The minimum absolute atomic E-state index is 0.154. The zero-order chi connectivity index (χ0) is 20.4. The molecule has 1 N–H and O–H groups in total. The van der Waals surface area contributed by atoms with Crippen molar-refractivity contribution < 1.29 is 9.90 Å². The molecule has 0 aromatic heterocycles. The third-order valence-electron chi connectivity index (χ3n) is 6.53. The Morgan fingerprint density at radius 1 is 1.17 bits per heavy atom. The first kappa shape index (κ1) is 20.4. The molecular weight excluding hydrogens is 362 g/mol. The van der Waals surface area contributed by atoms with Crippen molar-refractivity contribution in [3.63, 3.8) is 0 Å². The second-order valence-corrected chi connectivity index (χ2v) is 9.01. The average molecular weight is 396 g/mol. The molecule has 3 aliphatic rings. The van der Waals surface area contributed by atoms with Crippen molar-refractivity contribution in [2.24, 2.45) is 5.92 Å². The fraction of sp³-hybridized carbons (Fsp3) is 0.625. The lowest BCUT2D eigenvalue weighted by atomic mass is 9.74. The molecule has 0 bridgehead atoms. The van der Waals surface area contributed by atoms with Gasteiger partial charge in [-0.25, -0.2) is 0 Å². The highest BCUT2D eigenvalue weighted by Crippen LogP contribution is 2.42. The number of rotatable bonds is 4. The standard InChI is InChI=1S/C24H33N3O2/c1-25(2)13-5-6-18-7-9-19(10-8-18)23-21-16-26(24(29)20-11-12-20)14-3-4-15-27(21)22(23)17-28/h7-10,20-23,28H,3-4,11-17H2,1-2H3/t21-,22+,23-/m1/s1. The molecule has 1 saturated carbocycles. The van der Waals surface area contributed by atoms with Crippen LogP contribution in [0.25, 0.3) is 0 Å². The van der Waals surface area contributed by atoms with Gasteiger partial charge in [0.25, 0.3) is 0 Å². The van der Waals surface area contributed by atoms with Gasteiger partial charge in [0.15, 0.2) is 0 Å². The van der Waals surface area contributed by atoms with E-state index in [1.807, 2.05) is 14.1 Å². The Labute approximate surface area is 174 Å². The number of carbonyl (C=O) groups excluding carboxylic acids is 1. The van der Waals surface area contributed by atoms with Gasteiger partial charge in [0.2, 0.25) is 5.91 Å². The van der Waals surface area contributed by atoms with Gasteiger partial charge in [-0.15, -0.1) is 0 Å². The van der Waals surface area contributed by atoms with E-state index in [2.05, 4.69) is 50.8 Å². The van der Waals surface area contributed by atoms with Gasteiger partial charge in [-0.2, -0.15) is 0 Å². The normalized spacial score (nSPS) is 27.3. The third-order valence-corrected chi connectivity index (χ3v) is 6.53. The molecule has 0 spiro atoms. The van der Waals surface area contributed by atoms with Crippen molar-refractivity contribution in [3.8, 4) is 11.8 Å². The second-order valence-electron chi connectivity index (χ2n) is 9.01. The van der Waals surface area contributed by atoms with Gasteiger partial charge < -0.3 is 10.0 Å². The Kier molecular flexibility index (Phi) is 6.24. The summed E-state index contributed by atoms with van der Waals surface area (Å²) in [5.74, 6) is 7.29. The largest absolute Gasteiger partial charge is 0.395 e. The third kappa shape index (κ3) is 4.50. The van der Waals surface area contributed by atoms with Gasteiger partial charge in [-0.1, -0.05) is 24.0 Å². The molecule has 5 heteroatoms. The number of aliphatic hydroxyl groups is 1. The first-order chi connectivity index (χ1) is 14.1. The molecular formula is C24H33N3O2. The van der Waals surface area contributed by atoms with Crippen LogP contribution in [0.5, 0.6) is 0 Å². The zero-order valence-electron chi connectivity index (χ0n) is 17.7. The van der Waals surface area contributed by atoms with Crippen LogP contribution < -0.4 is 0 Å². The summed E-state index contributed by atoms with van der Waals surface area (Å²) >= 11 is 0. The highest BCUT2D eigenvalue weighted by atomic mass is 16.3. The Morgan fingerprint density at radius 3 is 2.55 bits per heavy atom. The molecule has 29 heavy (non-hydrogen) atoms. The fourth-order valence-corrected chi connectivity index (χ4v) is 4.82. The van der Waals surface area contributed by atoms with Gasteiger partial charge in [-0.3, -0.25) is 14.6 Å². The maximum atomic E-state index is 12.7. The van der Waals surface area contributed by atoms with Crippen LogP contribution in [0.3, 0.4) is 0 Å². The number of hydrogen-bond donors (Lipinski definition) is 1. The van der Waals surface area contributed by atoms with E-state index in [0.29, 0.717) is 11.9 Å². The lowest BCUT2D eigenvalue weighted by molar-refractivity contribution is -0.137. The number of amides is 1. The van der Waals surface area contributed by atoms with Gasteiger partial charge in [-0.05, 0) is 64.0 Å². The van der Waals surface area contributed by atoms with Crippen molar-refractivity contribution in [1.82, 2.24) is 14.7 Å². The van der Waals surface area contributed by atoms with E-state index >= 15 is 0 Å². The van der Waals surface area contributed by atoms with E-state index in [1.165, 1.54) is 5.56 Å². The van der Waals surface area contributed by atoms with E-state index in [-0.39, 0.29) is 24.5 Å². The van der Waals surface area contributed by atoms with Crippen LogP contribution in [-0.4, -0.2) is 84.7 Å². The molecule has 0 unspecified atom stereocenters. The van der Waals surface area contributed by atoms with Gasteiger partial charge in [0.1, 0.15) is 0 Å². The quantitative estimate of drug-likeness (QED) is 0.790. The molecule has 4 rings (SSSR count). The van der Waals surface area contributed by atoms with Gasteiger partial charge in [0.05, 0.1) is 13.2 Å². The van der Waals surface area contributed by atoms with Crippen LogP contribution in [0.15, 0.2) is 24.3 Å². The van der Waals surface area contributed by atoms with Crippen molar-refractivity contribution in [2.45, 2.75) is 43.7 Å². The number of fused-ring (bicyclic) bond motifs is 1. The van der Waals surface area contributed by atoms with E-state index in [4.69, 9.17) is 0 Å². The van der Waals surface area contributed by atoms with Crippen LogP contribution in [0.1, 0.15) is 42.7 Å². The lowest BCUT2D eigenvalue weighted by Gasteiger charge is -2.57. The highest BCUT2D eigenvalue weighted by molar-refractivity contribution is 5.81. The Balaban J connectivity index is 1.50. The average Bonchev–Trinajstić information content (AvgIpc) is 3.52. The van der Waals surface area contributed by atoms with Crippen molar-refractivity contribution in [3.05, 3.63) is 35.4 Å². The summed E-state index contributed by atoms with van der Waals surface area (Å²) in [6.07, 6.45) is 4.27. The number of nitrogens with zero attached hydrogens (tertiary/aromatic N) is 3. The molecule has 5 nitrogen and oxygen atoms in total. The predicted molar refractivity (Wildman–Crippen MR) is 115 cm³/mol. The molecule has 2 aliphatic heterocycles. The zero-order valence-corrected chi connectivity index (χ0v) is 17.7. The fourth-order valence-electron chi connectivity index (χ4n) is 4.82. The maximum Gasteiger partial charge on any atom is 0.225 e. The second kappa shape index (κ2) is 8.87. The topological polar surface area (TPSA) is 47.0 Å². The monoisotopic (exact) mass is 395 g/mol. The highest BCUT2D eigenvalue weighted by Gasteiger charge is 2.50. The Bertz CT molecular complexity index is 776. The lowest BCUT2D eigenvalue weighted by Crippen LogP contribution is -2.68. The van der Waals surface area contributed by atoms with Crippen LogP contribution in [-0.2, 0) is 4.79 Å². The first-order valence-corrected chi connectivity index (χ1v) is 11.0. The predicted octanol–water partition coefficient (Wildman–Crippen LogP) is 1.76. The maximum absolute atomic E-state index is 12.7. The van der Waals surface area contributed by atoms with E-state index in [1.54, 1.807) is 0 Å². The minimum Gasteiger partial charge on any atom is -0.395 e. The van der Waals surface area contributed by atoms with Crippen molar-refractivity contribution in [2.75, 3.05) is 46.9 Å². The Morgan fingerprint density at radius 2 is 1.90 bits per heavy atom. The molecule has 156 valence electrons. The minimum atomic E-state index is 0.154. The van der Waals surface area contributed by atoms with Crippen LogP contribution in [0.4, 0.5) is 0 Å². The molecule has 1 aliphatic carbocycles. The van der Waals surface area contributed by atoms with E-state index < -0.39 is 0 Å². The Hall–Kier alpha value is -1.87. The molecule has 1 aromatic rings. The SMILES string of the molecule is CN(C)CC#Cc1ccc([C@@H]2[C@H]3CN(C(=O)C4CC4)CCCCN3[C@H]2CO)cc1. The van der Waals surface area contributed by atoms with Crippen molar-refractivity contribution in [1.29, 1.82) is 0 Å². The molecule has 0 radical (unpaired) electrons. The van der Waals surface area contributed by atoms with Crippen LogP contribution in [0.2, 0.25) is 0 Å². The smallest absolute Gasteiger partial charge is 0.225 e. The first-order valence-electron chi connectivity index (χ1n) is 11.0. The molecule has 1 amide bonds. The summed E-state index contributed by atoms with van der Waals surface area (Å²) in [5.41, 5.74) is 2.28. The molecule has 2 heterocycles. The number of aliphatic hydroxyl groups excluding tert-OH is 1. The number of benzene rings is 1. The van der Waals surface area contributed by atoms with Crippen LogP contribution >= 0.6 is 0 Å². The van der Waals surface area contributed by atoms with Gasteiger partial charge in [0, 0.05) is 42.6 Å². The summed E-state index contributed by atoms with van der Waals surface area (Å²) in [6.45, 7) is 3.62. The number of carbonyl (C=O) groups is 1. The summed E-state index contributed by atoms with van der Waals surface area (Å²) in [7, 11) is 4.03. The van der Waals surface area contributed by atoms with Crippen molar-refractivity contribution >= 4 is 5.91 Å².